The number of methoxy groups -OCH3 is 2. The first-order chi connectivity index (χ1) is 7.96. The van der Waals surface area contributed by atoms with Crippen LogP contribution in [0.15, 0.2) is 0 Å². The van der Waals surface area contributed by atoms with E-state index >= 15 is 0 Å². The fourth-order valence-electron chi connectivity index (χ4n) is 2.11. The van der Waals surface area contributed by atoms with E-state index in [0.717, 1.165) is 32.7 Å². The Morgan fingerprint density at radius 1 is 1.24 bits per heavy atom. The van der Waals surface area contributed by atoms with E-state index in [0.29, 0.717) is 12.1 Å². The zero-order valence-electron chi connectivity index (χ0n) is 11.9. The number of likely N-dealkylation sites (tertiary alicyclic amines) is 1. The Morgan fingerprint density at radius 2 is 1.94 bits per heavy atom. The monoisotopic (exact) mass is 245 g/mol. The summed E-state index contributed by atoms with van der Waals surface area (Å²) in [4.78, 5) is 2.41. The van der Waals surface area contributed by atoms with Crippen LogP contribution < -0.4 is 0 Å². The second-order valence-corrected chi connectivity index (χ2v) is 5.66. The van der Waals surface area contributed by atoms with Crippen molar-refractivity contribution in [3.63, 3.8) is 0 Å². The van der Waals surface area contributed by atoms with E-state index in [1.807, 2.05) is 0 Å². The number of hydrogen-bond acceptors (Lipinski definition) is 4. The first-order valence-electron chi connectivity index (χ1n) is 6.36. The fraction of sp³-hybridized carbons (Fsp3) is 1.00. The average molecular weight is 245 g/mol. The second kappa shape index (κ2) is 6.69. The molecule has 0 saturated carbocycles. The van der Waals surface area contributed by atoms with E-state index in [4.69, 9.17) is 14.2 Å². The van der Waals surface area contributed by atoms with Gasteiger partial charge in [-0.1, -0.05) is 0 Å². The molecule has 0 aromatic carbocycles. The van der Waals surface area contributed by atoms with Gasteiger partial charge in [-0.25, -0.2) is 0 Å². The maximum Gasteiger partial charge on any atom is 0.0714 e. The summed E-state index contributed by atoms with van der Waals surface area (Å²) in [7, 11) is 3.52. The van der Waals surface area contributed by atoms with Crippen molar-refractivity contribution in [3.8, 4) is 0 Å². The Labute approximate surface area is 105 Å². The number of nitrogens with zero attached hydrogens (tertiary/aromatic N) is 1. The van der Waals surface area contributed by atoms with Crippen LogP contribution in [0.3, 0.4) is 0 Å². The van der Waals surface area contributed by atoms with E-state index in [2.05, 4.69) is 25.7 Å². The molecule has 0 aliphatic carbocycles. The summed E-state index contributed by atoms with van der Waals surface area (Å²) in [6, 6.07) is 0.453. The van der Waals surface area contributed by atoms with E-state index in [1.54, 1.807) is 14.2 Å². The molecular weight excluding hydrogens is 218 g/mol. The molecule has 1 aliphatic rings. The van der Waals surface area contributed by atoms with Gasteiger partial charge in [0.25, 0.3) is 0 Å². The Kier molecular flexibility index (Phi) is 5.86. The van der Waals surface area contributed by atoms with Crippen LogP contribution in [0.5, 0.6) is 0 Å². The first kappa shape index (κ1) is 14.9. The summed E-state index contributed by atoms with van der Waals surface area (Å²) in [5, 5.41) is 0. The van der Waals surface area contributed by atoms with Crippen LogP contribution >= 0.6 is 0 Å². The molecule has 0 spiro atoms. The SMILES string of the molecule is COCCN1CC(OC)CC1COC(C)(C)C. The third kappa shape index (κ3) is 5.34. The van der Waals surface area contributed by atoms with Crippen LogP contribution in [-0.4, -0.2) is 63.2 Å². The standard InChI is InChI=1S/C13H27NO3/c1-13(2,3)17-10-11-8-12(16-5)9-14(11)6-7-15-4/h11-12H,6-10H2,1-5H3. The minimum absolute atomic E-state index is 0.0713. The molecule has 17 heavy (non-hydrogen) atoms. The van der Waals surface area contributed by atoms with Gasteiger partial charge in [-0.3, -0.25) is 4.90 Å². The van der Waals surface area contributed by atoms with Gasteiger partial charge in [0, 0.05) is 33.4 Å². The van der Waals surface area contributed by atoms with Gasteiger partial charge >= 0.3 is 0 Å². The summed E-state index contributed by atoms with van der Waals surface area (Å²) in [6.45, 7) is 9.75. The van der Waals surface area contributed by atoms with Gasteiger partial charge < -0.3 is 14.2 Å². The maximum absolute atomic E-state index is 5.88. The van der Waals surface area contributed by atoms with Crippen LogP contribution in [0.1, 0.15) is 27.2 Å². The first-order valence-corrected chi connectivity index (χ1v) is 6.36. The quantitative estimate of drug-likeness (QED) is 0.710. The molecule has 1 heterocycles. The van der Waals surface area contributed by atoms with E-state index in [9.17, 15) is 0 Å². The molecule has 0 bridgehead atoms. The Bertz CT molecular complexity index is 215. The van der Waals surface area contributed by atoms with Crippen molar-refractivity contribution in [1.82, 2.24) is 4.90 Å². The summed E-state index contributed by atoms with van der Waals surface area (Å²) in [6.07, 6.45) is 1.39. The summed E-state index contributed by atoms with van der Waals surface area (Å²) >= 11 is 0. The van der Waals surface area contributed by atoms with Crippen LogP contribution in [0.2, 0.25) is 0 Å². The third-order valence-corrected chi connectivity index (χ3v) is 3.11. The van der Waals surface area contributed by atoms with Gasteiger partial charge in [-0.2, -0.15) is 0 Å². The van der Waals surface area contributed by atoms with Crippen molar-refractivity contribution >= 4 is 0 Å². The lowest BCUT2D eigenvalue weighted by molar-refractivity contribution is -0.0304. The predicted octanol–water partition coefficient (Wildman–Crippen LogP) is 1.54. The van der Waals surface area contributed by atoms with E-state index in [-0.39, 0.29) is 5.60 Å². The van der Waals surface area contributed by atoms with Gasteiger partial charge in [-0.05, 0) is 27.2 Å². The van der Waals surface area contributed by atoms with Crippen LogP contribution in [0.25, 0.3) is 0 Å². The van der Waals surface area contributed by atoms with Gasteiger partial charge in [0.1, 0.15) is 0 Å². The predicted molar refractivity (Wildman–Crippen MR) is 68.4 cm³/mol. The van der Waals surface area contributed by atoms with E-state index in [1.165, 1.54) is 0 Å². The molecule has 2 atom stereocenters. The van der Waals surface area contributed by atoms with Crippen molar-refractivity contribution < 1.29 is 14.2 Å². The summed E-state index contributed by atoms with van der Waals surface area (Å²) in [5.74, 6) is 0. The molecule has 0 amide bonds. The van der Waals surface area contributed by atoms with Gasteiger partial charge in [0.05, 0.1) is 24.9 Å². The Hall–Kier alpha value is -0.160. The second-order valence-electron chi connectivity index (χ2n) is 5.66. The van der Waals surface area contributed by atoms with Crippen molar-refractivity contribution in [2.24, 2.45) is 0 Å². The highest BCUT2D eigenvalue weighted by Gasteiger charge is 2.32. The lowest BCUT2D eigenvalue weighted by atomic mass is 10.1. The van der Waals surface area contributed by atoms with Crippen molar-refractivity contribution in [2.45, 2.75) is 44.9 Å². The topological polar surface area (TPSA) is 30.9 Å². The zero-order chi connectivity index (χ0) is 12.9. The largest absolute Gasteiger partial charge is 0.383 e. The smallest absolute Gasteiger partial charge is 0.0714 e. The molecule has 1 aliphatic heterocycles. The summed E-state index contributed by atoms with van der Waals surface area (Å²) in [5.41, 5.74) is -0.0713. The Balaban J connectivity index is 2.42. The lowest BCUT2D eigenvalue weighted by Gasteiger charge is -2.27. The van der Waals surface area contributed by atoms with Crippen molar-refractivity contribution in [2.75, 3.05) is 40.5 Å². The number of hydrogen-bond donors (Lipinski definition) is 0. The molecule has 0 radical (unpaired) electrons. The van der Waals surface area contributed by atoms with Gasteiger partial charge in [0.2, 0.25) is 0 Å². The average Bonchev–Trinajstić information content (AvgIpc) is 2.65. The molecule has 0 N–H and O–H groups in total. The van der Waals surface area contributed by atoms with Crippen molar-refractivity contribution in [1.29, 1.82) is 0 Å². The molecule has 1 rings (SSSR count). The maximum atomic E-state index is 5.88. The molecule has 0 aromatic rings. The van der Waals surface area contributed by atoms with Gasteiger partial charge in [-0.15, -0.1) is 0 Å². The fourth-order valence-corrected chi connectivity index (χ4v) is 2.11. The molecular formula is C13H27NO3. The molecule has 4 nitrogen and oxygen atoms in total. The number of rotatable bonds is 6. The molecule has 4 heteroatoms. The molecule has 2 unspecified atom stereocenters. The van der Waals surface area contributed by atoms with Crippen molar-refractivity contribution in [3.05, 3.63) is 0 Å². The Morgan fingerprint density at radius 3 is 2.47 bits per heavy atom. The highest BCUT2D eigenvalue weighted by molar-refractivity contribution is 4.86. The normalized spacial score (nSPS) is 26.6. The highest BCUT2D eigenvalue weighted by Crippen LogP contribution is 2.21. The molecule has 1 saturated heterocycles. The van der Waals surface area contributed by atoms with Crippen LogP contribution in [-0.2, 0) is 14.2 Å². The molecule has 1 fully saturated rings. The zero-order valence-corrected chi connectivity index (χ0v) is 11.9. The summed E-state index contributed by atoms with van der Waals surface area (Å²) < 4.78 is 16.5. The van der Waals surface area contributed by atoms with Crippen LogP contribution in [0.4, 0.5) is 0 Å². The minimum atomic E-state index is -0.0713. The molecule has 0 aromatic heterocycles. The van der Waals surface area contributed by atoms with Gasteiger partial charge in [0.15, 0.2) is 0 Å². The minimum Gasteiger partial charge on any atom is -0.383 e. The molecule has 102 valence electrons. The number of ether oxygens (including phenoxy) is 3. The van der Waals surface area contributed by atoms with Crippen LogP contribution in [0, 0.1) is 0 Å². The van der Waals surface area contributed by atoms with E-state index < -0.39 is 0 Å². The highest BCUT2D eigenvalue weighted by atomic mass is 16.5. The third-order valence-electron chi connectivity index (χ3n) is 3.11. The lowest BCUT2D eigenvalue weighted by Crippen LogP contribution is -2.38.